The van der Waals surface area contributed by atoms with Crippen molar-refractivity contribution < 1.29 is 9.53 Å². The summed E-state index contributed by atoms with van der Waals surface area (Å²) in [7, 11) is 0. The summed E-state index contributed by atoms with van der Waals surface area (Å²) in [6, 6.07) is 12.0. The van der Waals surface area contributed by atoms with Gasteiger partial charge in [-0.3, -0.25) is 14.0 Å². The predicted octanol–water partition coefficient (Wildman–Crippen LogP) is 2.39. The molecule has 2 heterocycles. The number of aromatic nitrogens is 2. The van der Waals surface area contributed by atoms with Gasteiger partial charge in [0.05, 0.1) is 5.69 Å². The number of aryl methyl sites for hydroxylation is 1. The third-order valence-corrected chi connectivity index (χ3v) is 3.24. The first kappa shape index (κ1) is 14.0. The highest BCUT2D eigenvalue weighted by atomic mass is 16.5. The zero-order valence-corrected chi connectivity index (χ0v) is 12.0. The maximum atomic E-state index is 12.1. The lowest BCUT2D eigenvalue weighted by atomic mass is 10.2. The summed E-state index contributed by atoms with van der Waals surface area (Å²) in [6.45, 7) is 2.09. The molecular formula is C17H14N2O3. The normalized spacial score (nSPS) is 10.6. The van der Waals surface area contributed by atoms with Crippen molar-refractivity contribution in [2.45, 2.75) is 13.5 Å². The SMILES string of the molecule is Cc1ccc2nc(COc3cccc(C=O)c3)cc(=O)n2c1. The molecule has 3 rings (SSSR count). The van der Waals surface area contributed by atoms with Crippen LogP contribution in [0.15, 0.2) is 53.5 Å². The van der Waals surface area contributed by atoms with Crippen molar-refractivity contribution in [3.8, 4) is 5.75 Å². The maximum Gasteiger partial charge on any atom is 0.258 e. The van der Waals surface area contributed by atoms with E-state index in [0.29, 0.717) is 22.7 Å². The number of carbonyl (C=O) groups excluding carboxylic acids is 1. The van der Waals surface area contributed by atoms with Crippen molar-refractivity contribution in [2.75, 3.05) is 0 Å². The fourth-order valence-electron chi connectivity index (χ4n) is 2.17. The van der Waals surface area contributed by atoms with Gasteiger partial charge in [0.1, 0.15) is 24.3 Å². The molecule has 0 aliphatic rings. The van der Waals surface area contributed by atoms with Crippen LogP contribution in [0.5, 0.6) is 5.75 Å². The van der Waals surface area contributed by atoms with Gasteiger partial charge in [-0.15, -0.1) is 0 Å². The molecule has 22 heavy (non-hydrogen) atoms. The van der Waals surface area contributed by atoms with Crippen LogP contribution < -0.4 is 10.3 Å². The van der Waals surface area contributed by atoms with Crippen LogP contribution in [0, 0.1) is 6.92 Å². The molecule has 5 nitrogen and oxygen atoms in total. The first-order valence-corrected chi connectivity index (χ1v) is 6.83. The predicted molar refractivity (Wildman–Crippen MR) is 82.4 cm³/mol. The summed E-state index contributed by atoms with van der Waals surface area (Å²) < 4.78 is 7.10. The average molecular weight is 294 g/mol. The lowest BCUT2D eigenvalue weighted by Crippen LogP contribution is -2.16. The average Bonchev–Trinajstić information content (AvgIpc) is 2.54. The number of rotatable bonds is 4. The second-order valence-electron chi connectivity index (χ2n) is 5.00. The number of hydrogen-bond donors (Lipinski definition) is 0. The van der Waals surface area contributed by atoms with Crippen molar-refractivity contribution in [3.63, 3.8) is 0 Å². The molecule has 0 saturated carbocycles. The van der Waals surface area contributed by atoms with Gasteiger partial charge in [0.2, 0.25) is 0 Å². The van der Waals surface area contributed by atoms with Crippen LogP contribution in [0.4, 0.5) is 0 Å². The first-order valence-electron chi connectivity index (χ1n) is 6.83. The van der Waals surface area contributed by atoms with Crippen LogP contribution in [-0.2, 0) is 6.61 Å². The van der Waals surface area contributed by atoms with Crippen LogP contribution in [0.3, 0.4) is 0 Å². The lowest BCUT2D eigenvalue weighted by Gasteiger charge is -2.07. The minimum absolute atomic E-state index is 0.144. The van der Waals surface area contributed by atoms with Crippen LogP contribution in [0.1, 0.15) is 21.6 Å². The Kier molecular flexibility index (Phi) is 3.70. The summed E-state index contributed by atoms with van der Waals surface area (Å²) in [6.07, 6.45) is 2.51. The number of ether oxygens (including phenoxy) is 1. The van der Waals surface area contributed by atoms with E-state index < -0.39 is 0 Å². The fourth-order valence-corrected chi connectivity index (χ4v) is 2.17. The van der Waals surface area contributed by atoms with E-state index in [1.165, 1.54) is 10.5 Å². The molecule has 0 bridgehead atoms. The highest BCUT2D eigenvalue weighted by molar-refractivity contribution is 5.75. The smallest absolute Gasteiger partial charge is 0.258 e. The lowest BCUT2D eigenvalue weighted by molar-refractivity contribution is 0.112. The van der Waals surface area contributed by atoms with E-state index in [9.17, 15) is 9.59 Å². The number of fused-ring (bicyclic) bond motifs is 1. The number of hydrogen-bond acceptors (Lipinski definition) is 4. The van der Waals surface area contributed by atoms with Crippen LogP contribution in [-0.4, -0.2) is 15.7 Å². The molecular weight excluding hydrogens is 280 g/mol. The molecule has 0 aliphatic carbocycles. The van der Waals surface area contributed by atoms with E-state index in [-0.39, 0.29) is 12.2 Å². The van der Waals surface area contributed by atoms with E-state index in [2.05, 4.69) is 4.98 Å². The molecule has 110 valence electrons. The largest absolute Gasteiger partial charge is 0.487 e. The third kappa shape index (κ3) is 2.88. The molecule has 0 saturated heterocycles. The van der Waals surface area contributed by atoms with Gasteiger partial charge in [-0.25, -0.2) is 4.98 Å². The minimum atomic E-state index is -0.144. The Morgan fingerprint density at radius 1 is 1.23 bits per heavy atom. The second-order valence-corrected chi connectivity index (χ2v) is 5.00. The molecule has 5 heteroatoms. The van der Waals surface area contributed by atoms with E-state index in [1.54, 1.807) is 36.5 Å². The Labute approximate surface area is 126 Å². The van der Waals surface area contributed by atoms with E-state index >= 15 is 0 Å². The molecule has 0 aliphatic heterocycles. The molecule has 0 amide bonds. The summed E-state index contributed by atoms with van der Waals surface area (Å²) >= 11 is 0. The van der Waals surface area contributed by atoms with Gasteiger partial charge in [0.25, 0.3) is 5.56 Å². The van der Waals surface area contributed by atoms with Gasteiger partial charge in [-0.05, 0) is 30.7 Å². The Balaban J connectivity index is 1.86. The molecule has 0 N–H and O–H groups in total. The summed E-state index contributed by atoms with van der Waals surface area (Å²) in [5, 5.41) is 0. The second kappa shape index (κ2) is 5.81. The zero-order chi connectivity index (χ0) is 15.5. The van der Waals surface area contributed by atoms with Gasteiger partial charge in [0, 0.05) is 17.8 Å². The van der Waals surface area contributed by atoms with Crippen molar-refractivity contribution >= 4 is 11.9 Å². The molecule has 3 aromatic rings. The first-order chi connectivity index (χ1) is 10.7. The van der Waals surface area contributed by atoms with Crippen molar-refractivity contribution in [1.29, 1.82) is 0 Å². The quantitative estimate of drug-likeness (QED) is 0.693. The molecule has 2 aromatic heterocycles. The third-order valence-electron chi connectivity index (χ3n) is 3.24. The molecule has 0 spiro atoms. The topological polar surface area (TPSA) is 60.7 Å². The van der Waals surface area contributed by atoms with Gasteiger partial charge in [0.15, 0.2) is 0 Å². The number of benzene rings is 1. The Morgan fingerprint density at radius 3 is 2.91 bits per heavy atom. The molecule has 0 radical (unpaired) electrons. The Bertz CT molecular complexity index is 900. The summed E-state index contributed by atoms with van der Waals surface area (Å²) in [5.41, 5.74) is 2.52. The summed E-state index contributed by atoms with van der Waals surface area (Å²) in [5.74, 6) is 0.565. The molecule has 1 aromatic carbocycles. The number of pyridine rings is 1. The number of aldehydes is 1. The summed E-state index contributed by atoms with van der Waals surface area (Å²) in [4.78, 5) is 27.2. The van der Waals surface area contributed by atoms with Gasteiger partial charge < -0.3 is 4.74 Å². The monoisotopic (exact) mass is 294 g/mol. The Hall–Kier alpha value is -2.95. The highest BCUT2D eigenvalue weighted by Gasteiger charge is 2.04. The van der Waals surface area contributed by atoms with Crippen LogP contribution in [0.25, 0.3) is 5.65 Å². The van der Waals surface area contributed by atoms with Crippen molar-refractivity contribution in [2.24, 2.45) is 0 Å². The number of nitrogens with zero attached hydrogens (tertiary/aromatic N) is 2. The van der Waals surface area contributed by atoms with Crippen LogP contribution in [0.2, 0.25) is 0 Å². The van der Waals surface area contributed by atoms with Crippen LogP contribution >= 0.6 is 0 Å². The molecule has 0 atom stereocenters. The highest BCUT2D eigenvalue weighted by Crippen LogP contribution is 2.13. The van der Waals surface area contributed by atoms with Gasteiger partial charge >= 0.3 is 0 Å². The van der Waals surface area contributed by atoms with E-state index in [1.807, 2.05) is 13.0 Å². The molecule has 0 fully saturated rings. The van der Waals surface area contributed by atoms with Gasteiger partial charge in [-0.1, -0.05) is 18.2 Å². The maximum absolute atomic E-state index is 12.1. The zero-order valence-electron chi connectivity index (χ0n) is 12.0. The van der Waals surface area contributed by atoms with Crippen molar-refractivity contribution in [3.05, 3.63) is 75.8 Å². The fraction of sp³-hybridized carbons (Fsp3) is 0.118. The van der Waals surface area contributed by atoms with Crippen molar-refractivity contribution in [1.82, 2.24) is 9.38 Å². The minimum Gasteiger partial charge on any atom is -0.487 e. The Morgan fingerprint density at radius 2 is 2.09 bits per heavy atom. The standard InChI is InChI=1S/C17H14N2O3/c1-12-5-6-16-18-14(8-17(21)19(16)9-12)11-22-15-4-2-3-13(7-15)10-20/h2-10H,11H2,1H3. The number of carbonyl (C=O) groups is 1. The van der Waals surface area contributed by atoms with E-state index in [4.69, 9.17) is 4.74 Å². The van der Waals surface area contributed by atoms with E-state index in [0.717, 1.165) is 11.8 Å². The van der Waals surface area contributed by atoms with Gasteiger partial charge in [-0.2, -0.15) is 0 Å². The molecule has 0 unspecified atom stereocenters.